The highest BCUT2D eigenvalue weighted by molar-refractivity contribution is 5.38. The van der Waals surface area contributed by atoms with E-state index in [1.807, 2.05) is 20.9 Å². The second kappa shape index (κ2) is 7.11. The Kier molecular flexibility index (Phi) is 5.79. The van der Waals surface area contributed by atoms with E-state index < -0.39 is 0 Å². The molecule has 0 aliphatic rings. The number of anilines is 2. The molecule has 1 aromatic rings. The predicted molar refractivity (Wildman–Crippen MR) is 77.9 cm³/mol. The summed E-state index contributed by atoms with van der Waals surface area (Å²) in [6.07, 6.45) is 0. The smallest absolute Gasteiger partial charge is 0.323 e. The SMILES string of the molecule is CCNc1nc(OCC)nc(N(C)C(C)C(C)C)n1. The summed E-state index contributed by atoms with van der Waals surface area (Å²) in [7, 11) is 1.99. The summed E-state index contributed by atoms with van der Waals surface area (Å²) in [4.78, 5) is 15.0. The molecule has 1 aromatic heterocycles. The minimum atomic E-state index is 0.339. The quantitative estimate of drug-likeness (QED) is 0.817. The first-order valence-electron chi connectivity index (χ1n) is 6.85. The third-order valence-corrected chi connectivity index (χ3v) is 3.10. The van der Waals surface area contributed by atoms with Crippen molar-refractivity contribution in [2.24, 2.45) is 5.92 Å². The Bertz CT molecular complexity index is 372. The van der Waals surface area contributed by atoms with Gasteiger partial charge in [0.25, 0.3) is 0 Å². The van der Waals surface area contributed by atoms with Crippen LogP contribution in [0.25, 0.3) is 0 Å². The van der Waals surface area contributed by atoms with Gasteiger partial charge in [-0.1, -0.05) is 13.8 Å². The molecule has 1 unspecified atom stereocenters. The molecule has 0 spiro atoms. The van der Waals surface area contributed by atoms with Crippen molar-refractivity contribution < 1.29 is 4.74 Å². The molecule has 0 fully saturated rings. The van der Waals surface area contributed by atoms with E-state index in [0.717, 1.165) is 6.54 Å². The van der Waals surface area contributed by atoms with E-state index in [1.165, 1.54) is 0 Å². The highest BCUT2D eigenvalue weighted by Gasteiger charge is 2.18. The molecule has 0 aromatic carbocycles. The van der Waals surface area contributed by atoms with Gasteiger partial charge >= 0.3 is 6.01 Å². The van der Waals surface area contributed by atoms with Crippen LogP contribution in [0.15, 0.2) is 0 Å². The van der Waals surface area contributed by atoms with E-state index in [0.29, 0.717) is 36.5 Å². The normalized spacial score (nSPS) is 12.4. The molecule has 19 heavy (non-hydrogen) atoms. The number of hydrogen-bond donors (Lipinski definition) is 1. The first-order chi connectivity index (χ1) is 8.99. The lowest BCUT2D eigenvalue weighted by atomic mass is 10.1. The molecule has 1 heterocycles. The minimum absolute atomic E-state index is 0.339. The van der Waals surface area contributed by atoms with Gasteiger partial charge in [0.05, 0.1) is 6.61 Å². The molecule has 6 nitrogen and oxygen atoms in total. The van der Waals surface area contributed by atoms with Crippen LogP contribution in [0.2, 0.25) is 0 Å². The van der Waals surface area contributed by atoms with Crippen LogP contribution in [-0.2, 0) is 0 Å². The third-order valence-electron chi connectivity index (χ3n) is 3.10. The van der Waals surface area contributed by atoms with Crippen molar-refractivity contribution >= 4 is 11.9 Å². The fraction of sp³-hybridized carbons (Fsp3) is 0.769. The molecular weight excluding hydrogens is 242 g/mol. The molecule has 6 heteroatoms. The van der Waals surface area contributed by atoms with E-state index in [-0.39, 0.29) is 0 Å². The first kappa shape index (κ1) is 15.5. The van der Waals surface area contributed by atoms with Crippen molar-refractivity contribution in [3.63, 3.8) is 0 Å². The maximum absolute atomic E-state index is 5.40. The topological polar surface area (TPSA) is 63.2 Å². The second-order valence-electron chi connectivity index (χ2n) is 4.80. The van der Waals surface area contributed by atoms with E-state index in [1.54, 1.807) is 0 Å². The Morgan fingerprint density at radius 2 is 1.84 bits per heavy atom. The molecule has 0 aliphatic heterocycles. The monoisotopic (exact) mass is 267 g/mol. The summed E-state index contributed by atoms with van der Waals surface area (Å²) in [6, 6.07) is 0.706. The Balaban J connectivity index is 3.03. The van der Waals surface area contributed by atoms with Crippen molar-refractivity contribution in [1.29, 1.82) is 0 Å². The minimum Gasteiger partial charge on any atom is -0.464 e. The number of nitrogens with one attached hydrogen (secondary N) is 1. The van der Waals surface area contributed by atoms with E-state index in [2.05, 4.69) is 45.9 Å². The van der Waals surface area contributed by atoms with Crippen molar-refractivity contribution in [2.75, 3.05) is 30.4 Å². The maximum atomic E-state index is 5.40. The Morgan fingerprint density at radius 1 is 1.16 bits per heavy atom. The van der Waals surface area contributed by atoms with E-state index in [9.17, 15) is 0 Å². The lowest BCUT2D eigenvalue weighted by Gasteiger charge is -2.28. The van der Waals surface area contributed by atoms with Crippen LogP contribution in [0.5, 0.6) is 6.01 Å². The average Bonchev–Trinajstić information content (AvgIpc) is 2.37. The summed E-state index contributed by atoms with van der Waals surface area (Å²) in [6.45, 7) is 11.7. The molecule has 0 aliphatic carbocycles. The maximum Gasteiger partial charge on any atom is 0.323 e. The zero-order valence-electron chi connectivity index (χ0n) is 12.8. The Labute approximate surface area is 115 Å². The molecule has 0 radical (unpaired) electrons. The number of nitrogens with zero attached hydrogens (tertiary/aromatic N) is 4. The summed E-state index contributed by atoms with van der Waals surface area (Å²) in [5.74, 6) is 1.70. The highest BCUT2D eigenvalue weighted by Crippen LogP contribution is 2.18. The average molecular weight is 267 g/mol. The van der Waals surface area contributed by atoms with Crippen LogP contribution in [0, 0.1) is 5.92 Å². The van der Waals surface area contributed by atoms with Crippen LogP contribution in [0.3, 0.4) is 0 Å². The molecule has 0 amide bonds. The van der Waals surface area contributed by atoms with Crippen molar-refractivity contribution in [1.82, 2.24) is 15.0 Å². The van der Waals surface area contributed by atoms with E-state index in [4.69, 9.17) is 4.74 Å². The third kappa shape index (κ3) is 4.22. The Hall–Kier alpha value is -1.59. The molecule has 0 saturated heterocycles. The van der Waals surface area contributed by atoms with Gasteiger partial charge in [-0.3, -0.25) is 0 Å². The van der Waals surface area contributed by atoms with Crippen molar-refractivity contribution in [3.8, 4) is 6.01 Å². The van der Waals surface area contributed by atoms with Crippen molar-refractivity contribution in [2.45, 2.75) is 40.7 Å². The predicted octanol–water partition coefficient (Wildman–Crippen LogP) is 2.18. The summed E-state index contributed by atoms with van der Waals surface area (Å²) in [5.41, 5.74) is 0. The molecule has 1 N–H and O–H groups in total. The Morgan fingerprint density at radius 3 is 2.37 bits per heavy atom. The number of hydrogen-bond acceptors (Lipinski definition) is 6. The van der Waals surface area contributed by atoms with E-state index >= 15 is 0 Å². The van der Waals surface area contributed by atoms with Gasteiger partial charge in [-0.25, -0.2) is 0 Å². The highest BCUT2D eigenvalue weighted by atomic mass is 16.5. The molecule has 0 saturated carbocycles. The van der Waals surface area contributed by atoms with Gasteiger partial charge in [0.2, 0.25) is 11.9 Å². The van der Waals surface area contributed by atoms with Crippen molar-refractivity contribution in [3.05, 3.63) is 0 Å². The van der Waals surface area contributed by atoms with Crippen LogP contribution >= 0.6 is 0 Å². The lowest BCUT2D eigenvalue weighted by molar-refractivity contribution is 0.311. The summed E-state index contributed by atoms with van der Waals surface area (Å²) in [5, 5.41) is 3.10. The summed E-state index contributed by atoms with van der Waals surface area (Å²) >= 11 is 0. The van der Waals surface area contributed by atoms with Crippen LogP contribution in [-0.4, -0.2) is 41.2 Å². The van der Waals surface area contributed by atoms with Crippen LogP contribution in [0.1, 0.15) is 34.6 Å². The zero-order chi connectivity index (χ0) is 14.4. The van der Waals surface area contributed by atoms with Crippen LogP contribution in [0.4, 0.5) is 11.9 Å². The van der Waals surface area contributed by atoms with Gasteiger partial charge in [0, 0.05) is 19.6 Å². The fourth-order valence-corrected chi connectivity index (χ4v) is 1.56. The fourth-order valence-electron chi connectivity index (χ4n) is 1.56. The summed E-state index contributed by atoms with van der Waals surface area (Å²) < 4.78 is 5.40. The second-order valence-corrected chi connectivity index (χ2v) is 4.80. The standard InChI is InChI=1S/C13H25N5O/c1-7-14-11-15-12(17-13(16-11)19-8-2)18(6)10(5)9(3)4/h9-10H,7-8H2,1-6H3,(H,14,15,16,17). The molecule has 0 bridgehead atoms. The van der Waals surface area contributed by atoms with Gasteiger partial charge in [-0.15, -0.1) is 0 Å². The van der Waals surface area contributed by atoms with Gasteiger partial charge in [0.1, 0.15) is 0 Å². The largest absolute Gasteiger partial charge is 0.464 e. The van der Waals surface area contributed by atoms with Gasteiger partial charge in [0.15, 0.2) is 0 Å². The number of aromatic nitrogens is 3. The number of ether oxygens (including phenoxy) is 1. The molecule has 108 valence electrons. The van der Waals surface area contributed by atoms with Gasteiger partial charge in [-0.05, 0) is 26.7 Å². The van der Waals surface area contributed by atoms with Crippen LogP contribution < -0.4 is 15.0 Å². The lowest BCUT2D eigenvalue weighted by Crippen LogP contribution is -2.34. The number of rotatable bonds is 7. The van der Waals surface area contributed by atoms with Gasteiger partial charge < -0.3 is 15.0 Å². The molecular formula is C13H25N5O. The van der Waals surface area contributed by atoms with Gasteiger partial charge in [-0.2, -0.15) is 15.0 Å². The first-order valence-corrected chi connectivity index (χ1v) is 6.85. The molecule has 1 rings (SSSR count). The zero-order valence-corrected chi connectivity index (χ0v) is 12.8. The molecule has 1 atom stereocenters.